The fraction of sp³-hybridized carbons (Fsp3) is 0.333. The highest BCUT2D eigenvalue weighted by molar-refractivity contribution is 7.80. The van der Waals surface area contributed by atoms with E-state index in [0.29, 0.717) is 5.11 Å². The minimum atomic E-state index is -0.426. The van der Waals surface area contributed by atoms with Gasteiger partial charge in [-0.15, -0.1) is 0 Å². The summed E-state index contributed by atoms with van der Waals surface area (Å²) in [6, 6.07) is 5.56. The first-order valence-corrected chi connectivity index (χ1v) is 5.93. The Morgan fingerprint density at radius 3 is 2.71 bits per heavy atom. The molecule has 1 amide bonds. The van der Waals surface area contributed by atoms with Crippen LogP contribution in [0.4, 0.5) is 4.39 Å². The third-order valence-corrected chi connectivity index (χ3v) is 3.06. The predicted molar refractivity (Wildman–Crippen MR) is 67.3 cm³/mol. The van der Waals surface area contributed by atoms with Crippen LogP contribution in [0.15, 0.2) is 24.3 Å². The van der Waals surface area contributed by atoms with Crippen molar-refractivity contribution in [2.45, 2.75) is 12.8 Å². The summed E-state index contributed by atoms with van der Waals surface area (Å²) in [5.74, 6) is -0.786. The summed E-state index contributed by atoms with van der Waals surface area (Å²) in [7, 11) is 0. The highest BCUT2D eigenvalue weighted by Crippen LogP contribution is 2.08. The molecule has 0 aliphatic carbocycles. The van der Waals surface area contributed by atoms with Crippen molar-refractivity contribution >= 4 is 23.2 Å². The zero-order chi connectivity index (χ0) is 12.3. The lowest BCUT2D eigenvalue weighted by molar-refractivity contribution is 0.0973. The molecule has 1 aliphatic heterocycles. The Labute approximate surface area is 105 Å². The van der Waals surface area contributed by atoms with Crippen LogP contribution in [0.3, 0.4) is 0 Å². The highest BCUT2D eigenvalue weighted by atomic mass is 32.1. The Balaban J connectivity index is 1.99. The van der Waals surface area contributed by atoms with Crippen molar-refractivity contribution in [3.8, 4) is 0 Å². The second-order valence-electron chi connectivity index (χ2n) is 3.96. The zero-order valence-electron chi connectivity index (χ0n) is 9.28. The Kier molecular flexibility index (Phi) is 3.68. The van der Waals surface area contributed by atoms with Crippen LogP contribution in [0.2, 0.25) is 0 Å². The molecule has 0 bridgehead atoms. The van der Waals surface area contributed by atoms with Crippen molar-refractivity contribution in [2.75, 3.05) is 13.1 Å². The maximum Gasteiger partial charge on any atom is 0.257 e. The number of carbonyl (C=O) groups is 1. The first kappa shape index (κ1) is 12.0. The molecule has 1 N–H and O–H groups in total. The predicted octanol–water partition coefficient (Wildman–Crippen LogP) is 1.94. The van der Waals surface area contributed by atoms with E-state index in [1.54, 1.807) is 6.07 Å². The van der Waals surface area contributed by atoms with Crippen LogP contribution in [-0.2, 0) is 0 Å². The van der Waals surface area contributed by atoms with E-state index in [2.05, 4.69) is 5.32 Å². The van der Waals surface area contributed by atoms with E-state index in [4.69, 9.17) is 12.2 Å². The van der Waals surface area contributed by atoms with E-state index in [-0.39, 0.29) is 11.5 Å². The van der Waals surface area contributed by atoms with Crippen LogP contribution < -0.4 is 5.32 Å². The number of nitrogens with one attached hydrogen (secondary N) is 1. The van der Waals surface area contributed by atoms with Gasteiger partial charge in [0, 0.05) is 18.7 Å². The monoisotopic (exact) mass is 252 g/mol. The molecule has 0 saturated carbocycles. The van der Waals surface area contributed by atoms with Gasteiger partial charge in [0.15, 0.2) is 5.11 Å². The van der Waals surface area contributed by atoms with E-state index >= 15 is 0 Å². The number of halogens is 1. The van der Waals surface area contributed by atoms with Gasteiger partial charge in [-0.2, -0.15) is 0 Å². The Morgan fingerprint density at radius 2 is 2.06 bits per heavy atom. The van der Waals surface area contributed by atoms with Gasteiger partial charge in [0.2, 0.25) is 0 Å². The minimum Gasteiger partial charge on any atom is -0.349 e. The lowest BCUT2D eigenvalue weighted by Crippen LogP contribution is -2.41. The van der Waals surface area contributed by atoms with Gasteiger partial charge >= 0.3 is 0 Å². The molecule has 5 heteroatoms. The summed E-state index contributed by atoms with van der Waals surface area (Å²) >= 11 is 5.12. The number of nitrogens with zero attached hydrogens (tertiary/aromatic N) is 1. The average molecular weight is 252 g/mol. The van der Waals surface area contributed by atoms with Crippen molar-refractivity contribution in [1.82, 2.24) is 10.2 Å². The van der Waals surface area contributed by atoms with Crippen LogP contribution >= 0.6 is 12.2 Å². The topological polar surface area (TPSA) is 32.3 Å². The van der Waals surface area contributed by atoms with Crippen molar-refractivity contribution in [3.63, 3.8) is 0 Å². The molecule has 2 rings (SSSR count). The van der Waals surface area contributed by atoms with Gasteiger partial charge in [0.1, 0.15) is 5.82 Å². The van der Waals surface area contributed by atoms with Crippen molar-refractivity contribution in [1.29, 1.82) is 0 Å². The van der Waals surface area contributed by atoms with E-state index in [1.165, 1.54) is 18.2 Å². The maximum absolute atomic E-state index is 12.9. The van der Waals surface area contributed by atoms with Crippen LogP contribution in [-0.4, -0.2) is 29.0 Å². The average Bonchev–Trinajstić information content (AvgIpc) is 2.82. The normalized spacial score (nSPS) is 14.8. The lowest BCUT2D eigenvalue weighted by atomic mass is 10.2. The van der Waals surface area contributed by atoms with Gasteiger partial charge in [-0.25, -0.2) is 4.39 Å². The number of likely N-dealkylation sites (tertiary alicyclic amines) is 1. The van der Waals surface area contributed by atoms with Gasteiger partial charge in [-0.3, -0.25) is 10.1 Å². The molecule has 0 aromatic heterocycles. The van der Waals surface area contributed by atoms with Crippen LogP contribution in [0, 0.1) is 5.82 Å². The number of hydrogen-bond acceptors (Lipinski definition) is 2. The first-order chi connectivity index (χ1) is 8.16. The number of thiocarbonyl (C=S) groups is 1. The van der Waals surface area contributed by atoms with Gasteiger partial charge in [0.05, 0.1) is 0 Å². The van der Waals surface area contributed by atoms with E-state index in [9.17, 15) is 9.18 Å². The Morgan fingerprint density at radius 1 is 1.35 bits per heavy atom. The molecular formula is C12H13FN2OS. The van der Waals surface area contributed by atoms with Crippen molar-refractivity contribution in [2.24, 2.45) is 0 Å². The number of rotatable bonds is 1. The summed E-state index contributed by atoms with van der Waals surface area (Å²) < 4.78 is 12.9. The molecule has 0 spiro atoms. The molecule has 0 unspecified atom stereocenters. The van der Waals surface area contributed by atoms with Crippen LogP contribution in [0.5, 0.6) is 0 Å². The van der Waals surface area contributed by atoms with Crippen LogP contribution in [0.1, 0.15) is 23.2 Å². The quantitative estimate of drug-likeness (QED) is 0.775. The third kappa shape index (κ3) is 3.00. The largest absolute Gasteiger partial charge is 0.349 e. The fourth-order valence-electron chi connectivity index (χ4n) is 1.80. The minimum absolute atomic E-state index is 0.284. The van der Waals surface area contributed by atoms with E-state index < -0.39 is 5.82 Å². The lowest BCUT2D eigenvalue weighted by Gasteiger charge is -2.18. The number of benzene rings is 1. The summed E-state index contributed by atoms with van der Waals surface area (Å²) in [6.07, 6.45) is 2.19. The standard InChI is InChI=1S/C12H13FN2OS/c13-10-5-3-4-9(8-10)11(16)14-12(17)15-6-1-2-7-15/h3-5,8H,1-2,6-7H2,(H,14,16,17). The van der Waals surface area contributed by atoms with E-state index in [1.807, 2.05) is 4.90 Å². The van der Waals surface area contributed by atoms with Gasteiger partial charge in [-0.05, 0) is 43.3 Å². The molecule has 0 atom stereocenters. The molecule has 1 aliphatic rings. The summed E-state index contributed by atoms with van der Waals surface area (Å²) in [5, 5.41) is 3.04. The van der Waals surface area contributed by atoms with Crippen LogP contribution in [0.25, 0.3) is 0 Å². The molecule has 3 nitrogen and oxygen atoms in total. The molecule has 1 heterocycles. The molecule has 1 aromatic rings. The SMILES string of the molecule is O=C(NC(=S)N1CCCC1)c1cccc(F)c1. The number of hydrogen-bond donors (Lipinski definition) is 1. The Bertz CT molecular complexity index is 444. The first-order valence-electron chi connectivity index (χ1n) is 5.52. The Hall–Kier alpha value is -1.49. The molecule has 1 aromatic carbocycles. The number of amides is 1. The molecule has 1 fully saturated rings. The third-order valence-electron chi connectivity index (χ3n) is 2.70. The summed E-state index contributed by atoms with van der Waals surface area (Å²) in [5.41, 5.74) is 0.284. The second kappa shape index (κ2) is 5.23. The number of carbonyl (C=O) groups excluding carboxylic acids is 1. The van der Waals surface area contributed by atoms with Gasteiger partial charge in [0.25, 0.3) is 5.91 Å². The second-order valence-corrected chi connectivity index (χ2v) is 4.35. The molecular weight excluding hydrogens is 239 g/mol. The molecule has 17 heavy (non-hydrogen) atoms. The smallest absolute Gasteiger partial charge is 0.257 e. The molecule has 1 saturated heterocycles. The summed E-state index contributed by atoms with van der Waals surface area (Å²) in [6.45, 7) is 1.75. The van der Waals surface area contributed by atoms with Crippen molar-refractivity contribution in [3.05, 3.63) is 35.6 Å². The highest BCUT2D eigenvalue weighted by Gasteiger charge is 2.17. The maximum atomic E-state index is 12.9. The fourth-order valence-corrected chi connectivity index (χ4v) is 2.07. The van der Waals surface area contributed by atoms with E-state index in [0.717, 1.165) is 25.9 Å². The molecule has 90 valence electrons. The van der Waals surface area contributed by atoms with Gasteiger partial charge < -0.3 is 4.90 Å². The summed E-state index contributed by atoms with van der Waals surface area (Å²) in [4.78, 5) is 13.7. The van der Waals surface area contributed by atoms with Gasteiger partial charge in [-0.1, -0.05) is 6.07 Å². The zero-order valence-corrected chi connectivity index (χ0v) is 10.1. The molecule has 0 radical (unpaired) electrons. The van der Waals surface area contributed by atoms with Crippen molar-refractivity contribution < 1.29 is 9.18 Å².